The highest BCUT2D eigenvalue weighted by atomic mass is 35.5. The number of carbonyl (C=O) groups is 1. The summed E-state index contributed by atoms with van der Waals surface area (Å²) in [6.07, 6.45) is 0.278. The summed E-state index contributed by atoms with van der Waals surface area (Å²) >= 11 is 6.09. The van der Waals surface area contributed by atoms with Crippen molar-refractivity contribution in [2.45, 2.75) is 13.3 Å². The minimum atomic E-state index is -0.154. The van der Waals surface area contributed by atoms with Crippen LogP contribution in [-0.2, 0) is 0 Å². The fraction of sp³-hybridized carbons (Fsp3) is 0.176. The van der Waals surface area contributed by atoms with E-state index in [0.717, 1.165) is 11.3 Å². The third-order valence-corrected chi connectivity index (χ3v) is 3.59. The number of nitriles is 1. The number of hydrogen-bond donors (Lipinski definition) is 0. The number of para-hydroxylation sites is 1. The largest absolute Gasteiger partial charge is 0.307 e. The Kier molecular flexibility index (Phi) is 4.97. The number of carbonyl (C=O) groups excluding carboxylic acids is 1. The maximum atomic E-state index is 12.7. The number of anilines is 1. The normalized spacial score (nSPS) is 9.95. The van der Waals surface area contributed by atoms with Crippen molar-refractivity contribution in [3.63, 3.8) is 0 Å². The highest BCUT2D eigenvalue weighted by molar-refractivity contribution is 6.31. The Hall–Kier alpha value is -2.31. The number of rotatable bonds is 4. The molecule has 3 nitrogen and oxygen atoms in total. The maximum absolute atomic E-state index is 12.7. The molecular weight excluding hydrogens is 284 g/mol. The molecule has 1 amide bonds. The molecule has 0 bridgehead atoms. The molecule has 21 heavy (non-hydrogen) atoms. The summed E-state index contributed by atoms with van der Waals surface area (Å²) in [5.74, 6) is -0.154. The lowest BCUT2D eigenvalue weighted by Gasteiger charge is -2.22. The average molecular weight is 299 g/mol. The van der Waals surface area contributed by atoms with Crippen LogP contribution in [0.3, 0.4) is 0 Å². The molecule has 0 aliphatic rings. The molecule has 0 aliphatic carbocycles. The SMILES string of the molecule is Cc1ccc(C(=O)N(CCC#N)c2ccccc2)cc1Cl. The Morgan fingerprint density at radius 2 is 1.95 bits per heavy atom. The molecule has 0 N–H and O–H groups in total. The molecule has 2 aromatic rings. The van der Waals surface area contributed by atoms with Crippen molar-refractivity contribution >= 4 is 23.2 Å². The van der Waals surface area contributed by atoms with E-state index >= 15 is 0 Å². The van der Waals surface area contributed by atoms with E-state index < -0.39 is 0 Å². The fourth-order valence-corrected chi connectivity index (χ4v) is 2.18. The smallest absolute Gasteiger partial charge is 0.258 e. The zero-order chi connectivity index (χ0) is 15.2. The summed E-state index contributed by atoms with van der Waals surface area (Å²) in [5.41, 5.74) is 2.22. The van der Waals surface area contributed by atoms with Crippen LogP contribution in [0, 0.1) is 18.3 Å². The molecule has 2 aromatic carbocycles. The predicted octanol–water partition coefficient (Wildman–Crippen LogP) is 4.21. The predicted molar refractivity (Wildman–Crippen MR) is 84.5 cm³/mol. The molecule has 0 saturated heterocycles. The Morgan fingerprint density at radius 3 is 2.57 bits per heavy atom. The van der Waals surface area contributed by atoms with Gasteiger partial charge in [0.15, 0.2) is 0 Å². The fourth-order valence-electron chi connectivity index (χ4n) is 2.00. The van der Waals surface area contributed by atoms with E-state index in [-0.39, 0.29) is 12.3 Å². The van der Waals surface area contributed by atoms with Gasteiger partial charge in [0.25, 0.3) is 5.91 Å². The summed E-state index contributed by atoms with van der Waals surface area (Å²) < 4.78 is 0. The molecule has 0 fully saturated rings. The van der Waals surface area contributed by atoms with Crippen molar-refractivity contribution in [3.05, 3.63) is 64.7 Å². The molecule has 0 aliphatic heterocycles. The van der Waals surface area contributed by atoms with Gasteiger partial charge in [0, 0.05) is 22.8 Å². The molecule has 0 radical (unpaired) electrons. The van der Waals surface area contributed by atoms with E-state index in [9.17, 15) is 4.79 Å². The van der Waals surface area contributed by atoms with Crippen LogP contribution < -0.4 is 4.90 Å². The number of amides is 1. The second kappa shape index (κ2) is 6.92. The van der Waals surface area contributed by atoms with E-state index in [2.05, 4.69) is 6.07 Å². The van der Waals surface area contributed by atoms with Crippen molar-refractivity contribution in [1.29, 1.82) is 5.26 Å². The first-order chi connectivity index (χ1) is 10.1. The molecule has 0 aromatic heterocycles. The molecule has 0 spiro atoms. The van der Waals surface area contributed by atoms with Crippen LogP contribution in [0.15, 0.2) is 48.5 Å². The highest BCUT2D eigenvalue weighted by Gasteiger charge is 2.17. The van der Waals surface area contributed by atoms with Crippen molar-refractivity contribution in [2.75, 3.05) is 11.4 Å². The number of benzene rings is 2. The second-order valence-corrected chi connectivity index (χ2v) is 5.07. The van der Waals surface area contributed by atoms with Gasteiger partial charge < -0.3 is 4.90 Å². The zero-order valence-electron chi connectivity index (χ0n) is 11.7. The number of aryl methyl sites for hydroxylation is 1. The summed E-state index contributed by atoms with van der Waals surface area (Å²) in [7, 11) is 0. The molecule has 4 heteroatoms. The molecule has 0 heterocycles. The summed E-state index contributed by atoms with van der Waals surface area (Å²) in [6, 6.07) is 16.6. The van der Waals surface area contributed by atoms with Crippen LogP contribution >= 0.6 is 11.6 Å². The van der Waals surface area contributed by atoms with Crippen LogP contribution in [-0.4, -0.2) is 12.5 Å². The molecule has 2 rings (SSSR count). The first-order valence-electron chi connectivity index (χ1n) is 6.63. The highest BCUT2D eigenvalue weighted by Crippen LogP contribution is 2.21. The van der Waals surface area contributed by atoms with E-state index in [1.807, 2.05) is 43.3 Å². The van der Waals surface area contributed by atoms with Gasteiger partial charge in [-0.3, -0.25) is 4.79 Å². The van der Waals surface area contributed by atoms with Crippen molar-refractivity contribution in [1.82, 2.24) is 0 Å². The van der Waals surface area contributed by atoms with Crippen LogP contribution in [0.4, 0.5) is 5.69 Å². The monoisotopic (exact) mass is 298 g/mol. The molecule has 106 valence electrons. The zero-order valence-corrected chi connectivity index (χ0v) is 12.5. The Balaban J connectivity index is 2.34. The second-order valence-electron chi connectivity index (χ2n) is 4.66. The van der Waals surface area contributed by atoms with Crippen molar-refractivity contribution in [3.8, 4) is 6.07 Å². The average Bonchev–Trinajstić information content (AvgIpc) is 2.51. The maximum Gasteiger partial charge on any atom is 0.258 e. The van der Waals surface area contributed by atoms with Gasteiger partial charge in [-0.2, -0.15) is 5.26 Å². The Labute approximate surface area is 129 Å². The third kappa shape index (κ3) is 3.62. The standard InChI is InChI=1S/C17H15ClN2O/c1-13-8-9-14(12-16(13)18)17(21)20(11-5-10-19)15-6-3-2-4-7-15/h2-4,6-9,12H,5,11H2,1H3. The van der Waals surface area contributed by atoms with Crippen molar-refractivity contribution in [2.24, 2.45) is 0 Å². The topological polar surface area (TPSA) is 44.1 Å². The van der Waals surface area contributed by atoms with E-state index in [1.54, 1.807) is 17.0 Å². The first-order valence-corrected chi connectivity index (χ1v) is 7.01. The van der Waals surface area contributed by atoms with Gasteiger partial charge in [0.05, 0.1) is 12.5 Å². The number of hydrogen-bond acceptors (Lipinski definition) is 2. The van der Waals surface area contributed by atoms with Gasteiger partial charge in [-0.05, 0) is 36.8 Å². The summed E-state index contributed by atoms with van der Waals surface area (Å²) in [6.45, 7) is 2.24. The van der Waals surface area contributed by atoms with E-state index in [4.69, 9.17) is 16.9 Å². The third-order valence-electron chi connectivity index (χ3n) is 3.18. The molecule has 0 atom stereocenters. The lowest BCUT2D eigenvalue weighted by Crippen LogP contribution is -2.31. The van der Waals surface area contributed by atoms with E-state index in [0.29, 0.717) is 17.1 Å². The lowest BCUT2D eigenvalue weighted by atomic mass is 10.1. The lowest BCUT2D eigenvalue weighted by molar-refractivity contribution is 0.0987. The van der Waals surface area contributed by atoms with Gasteiger partial charge in [0.1, 0.15) is 0 Å². The summed E-state index contributed by atoms with van der Waals surface area (Å²) in [5, 5.41) is 9.35. The van der Waals surface area contributed by atoms with Crippen LogP contribution in [0.5, 0.6) is 0 Å². The molecular formula is C17H15ClN2O. The Bertz CT molecular complexity index is 677. The van der Waals surface area contributed by atoms with Gasteiger partial charge in [0.2, 0.25) is 0 Å². The number of nitrogens with zero attached hydrogens (tertiary/aromatic N) is 2. The summed E-state index contributed by atoms with van der Waals surface area (Å²) in [4.78, 5) is 14.3. The van der Waals surface area contributed by atoms with Crippen molar-refractivity contribution < 1.29 is 4.79 Å². The minimum absolute atomic E-state index is 0.154. The minimum Gasteiger partial charge on any atom is -0.307 e. The first kappa shape index (κ1) is 15.1. The van der Waals surface area contributed by atoms with E-state index in [1.165, 1.54) is 0 Å². The quantitative estimate of drug-likeness (QED) is 0.848. The van der Waals surface area contributed by atoms with Crippen LogP contribution in [0.1, 0.15) is 22.3 Å². The van der Waals surface area contributed by atoms with Gasteiger partial charge in [-0.25, -0.2) is 0 Å². The van der Waals surface area contributed by atoms with Gasteiger partial charge in [-0.15, -0.1) is 0 Å². The Morgan fingerprint density at radius 1 is 1.24 bits per heavy atom. The van der Waals surface area contributed by atoms with Crippen LogP contribution in [0.2, 0.25) is 5.02 Å². The van der Waals surface area contributed by atoms with Crippen LogP contribution in [0.25, 0.3) is 0 Å². The van der Waals surface area contributed by atoms with Gasteiger partial charge in [-0.1, -0.05) is 35.9 Å². The molecule has 0 unspecified atom stereocenters. The molecule has 0 saturated carbocycles. The van der Waals surface area contributed by atoms with Gasteiger partial charge >= 0.3 is 0 Å². The number of halogens is 1.